The average Bonchev–Trinajstić information content (AvgIpc) is 3.72. The van der Waals surface area contributed by atoms with E-state index in [0.29, 0.717) is 18.1 Å². The number of fused-ring (bicyclic) bond motifs is 1. The minimum Gasteiger partial charge on any atom is -0.486 e. The molecule has 1 saturated carbocycles. The van der Waals surface area contributed by atoms with Crippen LogP contribution in [-0.2, 0) is 24.4 Å². The van der Waals surface area contributed by atoms with Crippen molar-refractivity contribution in [2.75, 3.05) is 6.54 Å². The summed E-state index contributed by atoms with van der Waals surface area (Å²) in [6.45, 7) is 3.21. The van der Waals surface area contributed by atoms with E-state index < -0.39 is 0 Å². The summed E-state index contributed by atoms with van der Waals surface area (Å²) in [5.74, 6) is 1.08. The monoisotopic (exact) mass is 566 g/mol. The lowest BCUT2D eigenvalue weighted by Gasteiger charge is -2.39. The Balaban J connectivity index is 1.17. The lowest BCUT2D eigenvalue weighted by atomic mass is 9.86. The SMILES string of the molecule is Cc1cccc([C@H]2c3cc(OCc4ccc(C(=O)NCc5ccc(F)cc5)o4)ccc3CCN2C(=O)C2CCCC2)c1. The Labute approximate surface area is 245 Å². The molecule has 0 saturated heterocycles. The number of hydrogen-bond acceptors (Lipinski definition) is 4. The number of ether oxygens (including phenoxy) is 1. The predicted octanol–water partition coefficient (Wildman–Crippen LogP) is 6.90. The van der Waals surface area contributed by atoms with Gasteiger partial charge in [0, 0.05) is 19.0 Å². The Bertz CT molecular complexity index is 1570. The van der Waals surface area contributed by atoms with Crippen molar-refractivity contribution in [3.05, 3.63) is 124 Å². The summed E-state index contributed by atoms with van der Waals surface area (Å²) in [4.78, 5) is 28.3. The number of furan rings is 1. The van der Waals surface area contributed by atoms with Crippen molar-refractivity contribution in [1.82, 2.24) is 10.2 Å². The highest BCUT2D eigenvalue weighted by atomic mass is 19.1. The highest BCUT2D eigenvalue weighted by molar-refractivity contribution is 5.91. The molecule has 1 aliphatic carbocycles. The topological polar surface area (TPSA) is 71.8 Å². The molecule has 1 N–H and O–H groups in total. The zero-order chi connectivity index (χ0) is 29.1. The lowest BCUT2D eigenvalue weighted by molar-refractivity contribution is -0.137. The van der Waals surface area contributed by atoms with E-state index in [1.807, 2.05) is 6.07 Å². The van der Waals surface area contributed by atoms with Crippen molar-refractivity contribution in [3.8, 4) is 5.75 Å². The predicted molar refractivity (Wildman–Crippen MR) is 157 cm³/mol. The molecule has 2 heterocycles. The van der Waals surface area contributed by atoms with Gasteiger partial charge in [-0.15, -0.1) is 0 Å². The van der Waals surface area contributed by atoms with Gasteiger partial charge in [-0.25, -0.2) is 4.39 Å². The fraction of sp³-hybridized carbons (Fsp3) is 0.314. The molecule has 1 fully saturated rings. The number of nitrogens with zero attached hydrogens (tertiary/aromatic N) is 1. The summed E-state index contributed by atoms with van der Waals surface area (Å²) in [7, 11) is 0. The number of benzene rings is 3. The van der Waals surface area contributed by atoms with Crippen LogP contribution < -0.4 is 10.1 Å². The molecule has 1 aliphatic heterocycles. The largest absolute Gasteiger partial charge is 0.486 e. The number of halogens is 1. The highest BCUT2D eigenvalue weighted by Gasteiger charge is 2.36. The van der Waals surface area contributed by atoms with Crippen LogP contribution in [0, 0.1) is 18.7 Å². The van der Waals surface area contributed by atoms with Crippen molar-refractivity contribution in [2.24, 2.45) is 5.92 Å². The molecule has 1 aromatic heterocycles. The Morgan fingerprint density at radius 1 is 1.00 bits per heavy atom. The van der Waals surface area contributed by atoms with Gasteiger partial charge in [-0.3, -0.25) is 9.59 Å². The minimum atomic E-state index is -0.354. The second-order valence-electron chi connectivity index (χ2n) is 11.3. The molecule has 1 atom stereocenters. The molecule has 0 bridgehead atoms. The molecule has 2 amide bonds. The van der Waals surface area contributed by atoms with Crippen LogP contribution >= 0.6 is 0 Å². The number of rotatable bonds is 8. The number of amides is 2. The number of hydrogen-bond donors (Lipinski definition) is 1. The standard InChI is InChI=1S/C35H35FN2O4/c1-23-5-4-8-27(19-23)33-31-20-29(14-11-25(31)17-18-38(33)35(40)26-6-2-3-7-26)41-22-30-15-16-32(42-30)34(39)37-21-24-9-12-28(36)13-10-24/h4-5,8-16,19-20,26,33H,2-3,6-7,17-18,21-22H2,1H3,(H,37,39)/t33-/m0/s1. The third kappa shape index (κ3) is 6.10. The van der Waals surface area contributed by atoms with Gasteiger partial charge < -0.3 is 19.4 Å². The molecule has 216 valence electrons. The van der Waals surface area contributed by atoms with Crippen LogP contribution in [0.15, 0.2) is 83.3 Å². The molecule has 2 aliphatic rings. The van der Waals surface area contributed by atoms with Crippen LogP contribution in [0.1, 0.15) is 75.9 Å². The van der Waals surface area contributed by atoms with Crippen LogP contribution in [0.4, 0.5) is 4.39 Å². The number of nitrogens with one attached hydrogen (secondary N) is 1. The van der Waals surface area contributed by atoms with Gasteiger partial charge in [0.1, 0.15) is 23.9 Å². The summed E-state index contributed by atoms with van der Waals surface area (Å²) in [6, 6.07) is 23.7. The van der Waals surface area contributed by atoms with Crippen LogP contribution in [0.2, 0.25) is 0 Å². The van der Waals surface area contributed by atoms with Crippen LogP contribution in [0.3, 0.4) is 0 Å². The number of carbonyl (C=O) groups is 2. The number of aryl methyl sites for hydroxylation is 1. The summed E-state index contributed by atoms with van der Waals surface area (Å²) in [5.41, 5.74) is 5.38. The first-order valence-electron chi connectivity index (χ1n) is 14.7. The Hall–Kier alpha value is -4.39. The highest BCUT2D eigenvalue weighted by Crippen LogP contribution is 2.40. The third-order valence-corrected chi connectivity index (χ3v) is 8.32. The molecule has 0 radical (unpaired) electrons. The quantitative estimate of drug-likeness (QED) is 0.252. The molecule has 3 aromatic carbocycles. The molecule has 0 unspecified atom stereocenters. The van der Waals surface area contributed by atoms with Gasteiger partial charge in [0.05, 0.1) is 6.04 Å². The summed E-state index contributed by atoms with van der Waals surface area (Å²) in [5, 5.41) is 2.79. The van der Waals surface area contributed by atoms with Gasteiger partial charge in [-0.05, 0) is 84.8 Å². The maximum Gasteiger partial charge on any atom is 0.287 e. The van der Waals surface area contributed by atoms with E-state index in [4.69, 9.17) is 9.15 Å². The Kier molecular flexibility index (Phi) is 8.08. The molecule has 6 rings (SSSR count). The maximum absolute atomic E-state index is 13.7. The normalized spacial score (nSPS) is 16.7. The zero-order valence-corrected chi connectivity index (χ0v) is 23.8. The van der Waals surface area contributed by atoms with Crippen molar-refractivity contribution >= 4 is 11.8 Å². The first kappa shape index (κ1) is 27.8. The molecule has 0 spiro atoms. The van der Waals surface area contributed by atoms with E-state index in [1.54, 1.807) is 24.3 Å². The fourth-order valence-corrected chi connectivity index (χ4v) is 6.13. The van der Waals surface area contributed by atoms with Gasteiger partial charge in [-0.2, -0.15) is 0 Å². The average molecular weight is 567 g/mol. The fourth-order valence-electron chi connectivity index (χ4n) is 6.13. The molecule has 4 aromatic rings. The summed E-state index contributed by atoms with van der Waals surface area (Å²) in [6.07, 6.45) is 5.00. The van der Waals surface area contributed by atoms with Crippen LogP contribution in [-0.4, -0.2) is 23.3 Å². The second-order valence-corrected chi connectivity index (χ2v) is 11.3. The van der Waals surface area contributed by atoms with Gasteiger partial charge in [0.25, 0.3) is 5.91 Å². The van der Waals surface area contributed by atoms with E-state index in [2.05, 4.69) is 53.5 Å². The van der Waals surface area contributed by atoms with E-state index in [0.717, 1.165) is 54.4 Å². The molecule has 6 nitrogen and oxygen atoms in total. The number of carbonyl (C=O) groups excluding carboxylic acids is 2. The van der Waals surface area contributed by atoms with Crippen LogP contribution in [0.5, 0.6) is 5.75 Å². The van der Waals surface area contributed by atoms with Crippen molar-refractivity contribution < 1.29 is 23.1 Å². The van der Waals surface area contributed by atoms with E-state index >= 15 is 0 Å². The lowest BCUT2D eigenvalue weighted by Crippen LogP contribution is -2.43. The minimum absolute atomic E-state index is 0.110. The van der Waals surface area contributed by atoms with Gasteiger partial charge in [-0.1, -0.05) is 60.9 Å². The Morgan fingerprint density at radius 3 is 2.60 bits per heavy atom. The van der Waals surface area contributed by atoms with Crippen LogP contribution in [0.25, 0.3) is 0 Å². The summed E-state index contributed by atoms with van der Waals surface area (Å²) < 4.78 is 25.0. The Morgan fingerprint density at radius 2 is 1.81 bits per heavy atom. The second kappa shape index (κ2) is 12.2. The third-order valence-electron chi connectivity index (χ3n) is 8.32. The molecule has 42 heavy (non-hydrogen) atoms. The summed E-state index contributed by atoms with van der Waals surface area (Å²) >= 11 is 0. The molecular formula is C35H35FN2O4. The van der Waals surface area contributed by atoms with Gasteiger partial charge in [0.15, 0.2) is 5.76 Å². The van der Waals surface area contributed by atoms with Crippen molar-refractivity contribution in [2.45, 2.75) is 58.2 Å². The van der Waals surface area contributed by atoms with E-state index in [-0.39, 0.29) is 48.5 Å². The van der Waals surface area contributed by atoms with Gasteiger partial charge in [0.2, 0.25) is 5.91 Å². The molecule has 7 heteroatoms. The molecular weight excluding hydrogens is 531 g/mol. The van der Waals surface area contributed by atoms with Crippen molar-refractivity contribution in [1.29, 1.82) is 0 Å². The first-order chi connectivity index (χ1) is 20.4. The van der Waals surface area contributed by atoms with E-state index in [1.165, 1.54) is 17.7 Å². The van der Waals surface area contributed by atoms with Crippen molar-refractivity contribution in [3.63, 3.8) is 0 Å². The zero-order valence-electron chi connectivity index (χ0n) is 23.8. The van der Waals surface area contributed by atoms with E-state index in [9.17, 15) is 14.0 Å². The van der Waals surface area contributed by atoms with Gasteiger partial charge >= 0.3 is 0 Å². The smallest absolute Gasteiger partial charge is 0.287 e. The first-order valence-corrected chi connectivity index (χ1v) is 14.7. The maximum atomic E-state index is 13.7.